The molecule has 18 heavy (non-hydrogen) atoms. The van der Waals surface area contributed by atoms with Crippen LogP contribution in [0, 0.1) is 5.92 Å². The van der Waals surface area contributed by atoms with E-state index in [0.717, 1.165) is 19.3 Å². The predicted octanol–water partition coefficient (Wildman–Crippen LogP) is 0.964. The minimum atomic E-state index is -0.828. The molecule has 0 aromatic heterocycles. The number of carboxylic acids is 1. The average Bonchev–Trinajstić information content (AvgIpc) is 2.74. The molecular weight excluding hydrogens is 236 g/mol. The van der Waals surface area contributed by atoms with Gasteiger partial charge in [0.05, 0.1) is 5.92 Å². The van der Waals surface area contributed by atoms with Crippen LogP contribution in [0.3, 0.4) is 0 Å². The summed E-state index contributed by atoms with van der Waals surface area (Å²) in [4.78, 5) is 22.7. The van der Waals surface area contributed by atoms with Gasteiger partial charge >= 0.3 is 12.0 Å². The van der Waals surface area contributed by atoms with Crippen LogP contribution in [0.4, 0.5) is 4.79 Å². The molecular formula is C12H22N2O4. The highest BCUT2D eigenvalue weighted by Gasteiger charge is 2.33. The van der Waals surface area contributed by atoms with Crippen molar-refractivity contribution in [3.8, 4) is 0 Å². The van der Waals surface area contributed by atoms with Crippen LogP contribution in [0.5, 0.6) is 0 Å². The number of hydrogen-bond acceptors (Lipinski definition) is 3. The largest absolute Gasteiger partial charge is 0.481 e. The fraction of sp³-hybridized carbons (Fsp3) is 0.833. The van der Waals surface area contributed by atoms with E-state index < -0.39 is 11.9 Å². The summed E-state index contributed by atoms with van der Waals surface area (Å²) >= 11 is 0. The Kier molecular flexibility index (Phi) is 5.91. The summed E-state index contributed by atoms with van der Waals surface area (Å²) < 4.78 is 4.93. The van der Waals surface area contributed by atoms with Crippen molar-refractivity contribution in [1.82, 2.24) is 10.6 Å². The molecule has 0 aromatic rings. The summed E-state index contributed by atoms with van der Waals surface area (Å²) in [6.07, 6.45) is 2.95. The van der Waals surface area contributed by atoms with E-state index in [1.807, 2.05) is 6.92 Å². The first-order valence-electron chi connectivity index (χ1n) is 6.33. The van der Waals surface area contributed by atoms with Crippen molar-refractivity contribution < 1.29 is 19.4 Å². The van der Waals surface area contributed by atoms with Gasteiger partial charge in [0, 0.05) is 25.8 Å². The molecule has 104 valence electrons. The molecule has 0 radical (unpaired) electrons. The van der Waals surface area contributed by atoms with E-state index in [1.165, 1.54) is 0 Å². The number of urea groups is 1. The molecule has 1 fully saturated rings. The van der Waals surface area contributed by atoms with Gasteiger partial charge in [-0.2, -0.15) is 0 Å². The Bertz CT molecular complexity index is 296. The highest BCUT2D eigenvalue weighted by molar-refractivity contribution is 5.77. The van der Waals surface area contributed by atoms with Crippen molar-refractivity contribution in [3.05, 3.63) is 0 Å². The molecule has 1 saturated carbocycles. The van der Waals surface area contributed by atoms with Crippen molar-refractivity contribution in [2.75, 3.05) is 13.7 Å². The lowest BCUT2D eigenvalue weighted by molar-refractivity contribution is -0.142. The number of carboxylic acid groups (broad SMARTS) is 1. The lowest BCUT2D eigenvalue weighted by Crippen LogP contribution is -2.48. The van der Waals surface area contributed by atoms with Gasteiger partial charge in [-0.15, -0.1) is 0 Å². The second kappa shape index (κ2) is 7.20. The van der Waals surface area contributed by atoms with Crippen LogP contribution in [-0.4, -0.2) is 42.9 Å². The molecule has 0 saturated heterocycles. The molecule has 3 unspecified atom stereocenters. The first-order valence-corrected chi connectivity index (χ1v) is 6.33. The second-order valence-electron chi connectivity index (χ2n) is 4.78. The van der Waals surface area contributed by atoms with Gasteiger partial charge in [0.25, 0.3) is 0 Å². The van der Waals surface area contributed by atoms with Crippen LogP contribution in [0.25, 0.3) is 0 Å². The van der Waals surface area contributed by atoms with E-state index in [4.69, 9.17) is 9.84 Å². The highest BCUT2D eigenvalue weighted by atomic mass is 16.5. The molecule has 2 amide bonds. The molecule has 0 spiro atoms. The molecule has 0 aromatic carbocycles. The van der Waals surface area contributed by atoms with E-state index in [9.17, 15) is 9.59 Å². The van der Waals surface area contributed by atoms with Crippen molar-refractivity contribution >= 4 is 12.0 Å². The Balaban J connectivity index is 2.33. The third-order valence-corrected chi connectivity index (χ3v) is 3.28. The maximum Gasteiger partial charge on any atom is 0.315 e. The Morgan fingerprint density at radius 2 is 2.17 bits per heavy atom. The van der Waals surface area contributed by atoms with E-state index in [-0.39, 0.29) is 18.1 Å². The van der Waals surface area contributed by atoms with Crippen LogP contribution < -0.4 is 10.6 Å². The first-order chi connectivity index (χ1) is 8.54. The number of carbonyl (C=O) groups is 2. The summed E-state index contributed by atoms with van der Waals surface area (Å²) in [5.41, 5.74) is 0. The third-order valence-electron chi connectivity index (χ3n) is 3.28. The zero-order valence-corrected chi connectivity index (χ0v) is 10.9. The summed E-state index contributed by atoms with van der Waals surface area (Å²) in [5, 5.41) is 14.5. The lowest BCUT2D eigenvalue weighted by Gasteiger charge is -2.20. The van der Waals surface area contributed by atoms with Gasteiger partial charge in [-0.3, -0.25) is 4.79 Å². The summed E-state index contributed by atoms with van der Waals surface area (Å²) in [6.45, 7) is 2.48. The number of nitrogens with one attached hydrogen (secondary N) is 2. The standard InChI is InChI=1S/C12H22N2O4/c1-8(6-7-18-2)13-12(17)14-10-5-3-4-9(10)11(15)16/h8-10H,3-7H2,1-2H3,(H,15,16)(H2,13,14,17). The molecule has 0 heterocycles. The van der Waals surface area contributed by atoms with Gasteiger partial charge in [0.15, 0.2) is 0 Å². The fourth-order valence-corrected chi connectivity index (χ4v) is 2.23. The Morgan fingerprint density at radius 1 is 1.44 bits per heavy atom. The van der Waals surface area contributed by atoms with E-state index in [1.54, 1.807) is 7.11 Å². The minimum absolute atomic E-state index is 0.00892. The molecule has 0 bridgehead atoms. The van der Waals surface area contributed by atoms with Gasteiger partial charge in [0.1, 0.15) is 0 Å². The van der Waals surface area contributed by atoms with Crippen LogP contribution in [0.15, 0.2) is 0 Å². The zero-order valence-electron chi connectivity index (χ0n) is 10.9. The molecule has 1 aliphatic rings. The maximum atomic E-state index is 11.7. The highest BCUT2D eigenvalue weighted by Crippen LogP contribution is 2.25. The summed E-state index contributed by atoms with van der Waals surface area (Å²) in [7, 11) is 1.61. The Labute approximate surface area is 107 Å². The number of rotatable bonds is 6. The Hall–Kier alpha value is -1.30. The monoisotopic (exact) mass is 258 g/mol. The van der Waals surface area contributed by atoms with Gasteiger partial charge < -0.3 is 20.5 Å². The minimum Gasteiger partial charge on any atom is -0.481 e. The number of aliphatic carboxylic acids is 1. The fourth-order valence-electron chi connectivity index (χ4n) is 2.23. The van der Waals surface area contributed by atoms with Crippen molar-refractivity contribution in [2.24, 2.45) is 5.92 Å². The molecule has 1 aliphatic carbocycles. The van der Waals surface area contributed by atoms with Crippen molar-refractivity contribution in [3.63, 3.8) is 0 Å². The third kappa shape index (κ3) is 4.52. The maximum absolute atomic E-state index is 11.7. The van der Waals surface area contributed by atoms with E-state index in [0.29, 0.717) is 13.0 Å². The summed E-state index contributed by atoms with van der Waals surface area (Å²) in [5.74, 6) is -1.28. The SMILES string of the molecule is COCCC(C)NC(=O)NC1CCCC1C(=O)O. The normalized spacial score (nSPS) is 24.6. The molecule has 1 rings (SSSR count). The predicted molar refractivity (Wildman–Crippen MR) is 66.4 cm³/mol. The van der Waals surface area contributed by atoms with Crippen molar-refractivity contribution in [2.45, 2.75) is 44.7 Å². The number of methoxy groups -OCH3 is 1. The number of hydrogen-bond donors (Lipinski definition) is 3. The second-order valence-corrected chi connectivity index (χ2v) is 4.78. The number of ether oxygens (including phenoxy) is 1. The lowest BCUT2D eigenvalue weighted by atomic mass is 10.0. The molecule has 6 nitrogen and oxygen atoms in total. The molecule has 6 heteroatoms. The smallest absolute Gasteiger partial charge is 0.315 e. The molecule has 3 atom stereocenters. The van der Waals surface area contributed by atoms with Gasteiger partial charge in [-0.25, -0.2) is 4.79 Å². The average molecular weight is 258 g/mol. The summed E-state index contributed by atoms with van der Waals surface area (Å²) in [6, 6.07) is -0.538. The molecule has 3 N–H and O–H groups in total. The van der Waals surface area contributed by atoms with Crippen LogP contribution in [0.1, 0.15) is 32.6 Å². The topological polar surface area (TPSA) is 87.7 Å². The Morgan fingerprint density at radius 3 is 2.78 bits per heavy atom. The van der Waals surface area contributed by atoms with E-state index in [2.05, 4.69) is 10.6 Å². The zero-order chi connectivity index (χ0) is 13.5. The van der Waals surface area contributed by atoms with E-state index >= 15 is 0 Å². The molecule has 0 aliphatic heterocycles. The first kappa shape index (κ1) is 14.8. The van der Waals surface area contributed by atoms with Crippen molar-refractivity contribution in [1.29, 1.82) is 0 Å². The van der Waals surface area contributed by atoms with Crippen LogP contribution in [0.2, 0.25) is 0 Å². The van der Waals surface area contributed by atoms with Crippen LogP contribution >= 0.6 is 0 Å². The number of amides is 2. The quantitative estimate of drug-likeness (QED) is 0.662. The van der Waals surface area contributed by atoms with Gasteiger partial charge in [0.2, 0.25) is 0 Å². The number of carbonyl (C=O) groups excluding carboxylic acids is 1. The van der Waals surface area contributed by atoms with Gasteiger partial charge in [-0.05, 0) is 26.2 Å². The van der Waals surface area contributed by atoms with Gasteiger partial charge in [-0.1, -0.05) is 6.42 Å². The van der Waals surface area contributed by atoms with Crippen LogP contribution in [-0.2, 0) is 9.53 Å².